The van der Waals surface area contributed by atoms with E-state index in [1.165, 1.54) is 6.92 Å². The maximum Gasteiger partial charge on any atom is 0.238 e. The lowest BCUT2D eigenvalue weighted by Gasteiger charge is -2.33. The molecular formula is C29H32N4O6. The van der Waals surface area contributed by atoms with Crippen LogP contribution in [0.25, 0.3) is 0 Å². The Bertz CT molecular complexity index is 1330. The third kappa shape index (κ3) is 5.26. The van der Waals surface area contributed by atoms with Gasteiger partial charge >= 0.3 is 0 Å². The summed E-state index contributed by atoms with van der Waals surface area (Å²) in [7, 11) is 0. The van der Waals surface area contributed by atoms with Gasteiger partial charge in [0.2, 0.25) is 18.6 Å². The molecule has 2 aromatic carbocycles. The predicted molar refractivity (Wildman–Crippen MR) is 144 cm³/mol. The summed E-state index contributed by atoms with van der Waals surface area (Å²) in [4.78, 5) is 47.4. The van der Waals surface area contributed by atoms with Gasteiger partial charge in [-0.1, -0.05) is 0 Å². The van der Waals surface area contributed by atoms with Crippen LogP contribution in [-0.2, 0) is 14.3 Å². The number of ether oxygens (including phenoxy) is 3. The molecule has 4 heterocycles. The molecule has 1 atom stereocenters. The van der Waals surface area contributed by atoms with E-state index in [4.69, 9.17) is 19.2 Å². The standard InChI is InChI=1S/C29H32N4O6/c1-18(34)19-2-4-23-22(14-19)27(29(36)31-23)28(20-3-5-24-25(15-20)39-17-38-24)30-21-6-8-32(9-7-21)16-26(35)33-10-12-37-13-11-33/h2-5,14-15,21,27H,6-13,16-17H2,1H3,(H,31,36). The number of fused-ring (bicyclic) bond motifs is 2. The van der Waals surface area contributed by atoms with Crippen LogP contribution in [0, 0.1) is 0 Å². The fourth-order valence-corrected chi connectivity index (χ4v) is 5.63. The molecule has 0 spiro atoms. The summed E-state index contributed by atoms with van der Waals surface area (Å²) in [5.41, 5.74) is 3.43. The van der Waals surface area contributed by atoms with Crippen molar-refractivity contribution in [3.05, 3.63) is 53.1 Å². The summed E-state index contributed by atoms with van der Waals surface area (Å²) < 4.78 is 16.5. The maximum atomic E-state index is 13.3. The van der Waals surface area contributed by atoms with Crippen molar-refractivity contribution in [1.82, 2.24) is 9.80 Å². The molecule has 39 heavy (non-hydrogen) atoms. The first kappa shape index (κ1) is 25.5. The monoisotopic (exact) mass is 532 g/mol. The highest BCUT2D eigenvalue weighted by Crippen LogP contribution is 2.39. The summed E-state index contributed by atoms with van der Waals surface area (Å²) in [6.45, 7) is 6.06. The summed E-state index contributed by atoms with van der Waals surface area (Å²) in [5.74, 6) is 0.536. The molecule has 1 N–H and O–H groups in total. The van der Waals surface area contributed by atoms with Gasteiger partial charge in [-0.05, 0) is 61.7 Å². The van der Waals surface area contributed by atoms with E-state index in [1.54, 1.807) is 18.2 Å². The van der Waals surface area contributed by atoms with Crippen molar-refractivity contribution >= 4 is 29.0 Å². The number of hydrogen-bond donors (Lipinski definition) is 1. The number of hydrogen-bond acceptors (Lipinski definition) is 8. The Morgan fingerprint density at radius 3 is 2.49 bits per heavy atom. The van der Waals surface area contributed by atoms with Crippen molar-refractivity contribution in [2.24, 2.45) is 4.99 Å². The summed E-state index contributed by atoms with van der Waals surface area (Å²) >= 11 is 0. The lowest BCUT2D eigenvalue weighted by Crippen LogP contribution is -2.47. The highest BCUT2D eigenvalue weighted by atomic mass is 16.7. The van der Waals surface area contributed by atoms with Crippen molar-refractivity contribution in [1.29, 1.82) is 0 Å². The Morgan fingerprint density at radius 2 is 1.72 bits per heavy atom. The first-order valence-corrected chi connectivity index (χ1v) is 13.5. The quantitative estimate of drug-likeness (QED) is 0.450. The molecule has 204 valence electrons. The van der Waals surface area contributed by atoms with Gasteiger partial charge < -0.3 is 24.4 Å². The van der Waals surface area contributed by atoms with Crippen molar-refractivity contribution in [2.75, 3.05) is 58.0 Å². The number of nitrogens with one attached hydrogen (secondary N) is 1. The van der Waals surface area contributed by atoms with Crippen molar-refractivity contribution in [3.8, 4) is 11.5 Å². The molecule has 0 bridgehead atoms. The van der Waals surface area contributed by atoms with Gasteiger partial charge in [0.1, 0.15) is 5.92 Å². The molecule has 2 saturated heterocycles. The minimum Gasteiger partial charge on any atom is -0.454 e. The highest BCUT2D eigenvalue weighted by Gasteiger charge is 2.37. The van der Waals surface area contributed by atoms with E-state index in [0.29, 0.717) is 61.3 Å². The first-order chi connectivity index (χ1) is 19.0. The lowest BCUT2D eigenvalue weighted by molar-refractivity contribution is -0.136. The number of anilines is 1. The number of rotatable bonds is 6. The molecule has 4 aliphatic rings. The minimum absolute atomic E-state index is 0.00648. The smallest absolute Gasteiger partial charge is 0.238 e. The number of Topliss-reactive ketones (excluding diaryl/α,β-unsaturated/α-hetero) is 1. The average molecular weight is 533 g/mol. The second-order valence-corrected chi connectivity index (χ2v) is 10.4. The van der Waals surface area contributed by atoms with Gasteiger partial charge in [0.05, 0.1) is 31.5 Å². The number of morpholine rings is 1. The highest BCUT2D eigenvalue weighted by molar-refractivity contribution is 6.24. The topological polar surface area (TPSA) is 110 Å². The number of carbonyl (C=O) groups is 3. The molecule has 4 aliphatic heterocycles. The van der Waals surface area contributed by atoms with Crippen LogP contribution in [0.2, 0.25) is 0 Å². The van der Waals surface area contributed by atoms with Gasteiger partial charge in [-0.15, -0.1) is 0 Å². The third-order valence-corrected chi connectivity index (χ3v) is 7.83. The van der Waals surface area contributed by atoms with E-state index in [1.807, 2.05) is 23.1 Å². The Balaban J connectivity index is 1.26. The van der Waals surface area contributed by atoms with Crippen LogP contribution in [-0.4, -0.2) is 91.9 Å². The Hall–Kier alpha value is -3.76. The number of benzene rings is 2. The fourth-order valence-electron chi connectivity index (χ4n) is 5.63. The maximum absolute atomic E-state index is 13.3. The number of ketones is 1. The van der Waals surface area contributed by atoms with E-state index in [9.17, 15) is 14.4 Å². The largest absolute Gasteiger partial charge is 0.454 e. The van der Waals surface area contributed by atoms with Gasteiger partial charge in [0, 0.05) is 43.0 Å². The second kappa shape index (κ2) is 10.8. The van der Waals surface area contributed by atoms with Crippen LogP contribution >= 0.6 is 0 Å². The molecule has 10 nitrogen and oxygen atoms in total. The minimum atomic E-state index is -0.652. The third-order valence-electron chi connectivity index (χ3n) is 7.83. The van der Waals surface area contributed by atoms with Crippen LogP contribution in [0.5, 0.6) is 11.5 Å². The molecule has 2 aromatic rings. The van der Waals surface area contributed by atoms with Gasteiger partial charge in [0.25, 0.3) is 0 Å². The molecule has 2 fully saturated rings. The molecule has 2 amide bonds. The summed E-state index contributed by atoms with van der Waals surface area (Å²) in [5, 5.41) is 2.97. The van der Waals surface area contributed by atoms with E-state index in [-0.39, 0.29) is 30.4 Å². The fraction of sp³-hybridized carbons (Fsp3) is 0.448. The molecule has 0 aliphatic carbocycles. The van der Waals surface area contributed by atoms with Gasteiger partial charge in [-0.3, -0.25) is 24.3 Å². The van der Waals surface area contributed by atoms with Crippen LogP contribution in [0.3, 0.4) is 0 Å². The average Bonchev–Trinajstić information content (AvgIpc) is 3.55. The van der Waals surface area contributed by atoms with Gasteiger partial charge in [-0.25, -0.2) is 0 Å². The molecule has 10 heteroatoms. The molecule has 6 rings (SSSR count). The number of aliphatic imine (C=N–C) groups is 1. The molecule has 1 unspecified atom stereocenters. The summed E-state index contributed by atoms with van der Waals surface area (Å²) in [6.07, 6.45) is 1.55. The van der Waals surface area contributed by atoms with Crippen LogP contribution in [0.15, 0.2) is 41.4 Å². The number of carbonyl (C=O) groups excluding carboxylic acids is 3. The Labute approximate surface area is 226 Å². The van der Waals surface area contributed by atoms with Crippen LogP contribution < -0.4 is 14.8 Å². The zero-order valence-corrected chi connectivity index (χ0v) is 22.0. The zero-order chi connectivity index (χ0) is 26.9. The first-order valence-electron chi connectivity index (χ1n) is 13.5. The number of piperidine rings is 1. The molecule has 0 radical (unpaired) electrons. The van der Waals surface area contributed by atoms with E-state index in [0.717, 1.165) is 37.1 Å². The van der Waals surface area contributed by atoms with Crippen molar-refractivity contribution in [2.45, 2.75) is 31.7 Å². The number of nitrogens with zero attached hydrogens (tertiary/aromatic N) is 3. The van der Waals surface area contributed by atoms with Crippen molar-refractivity contribution < 1.29 is 28.6 Å². The normalized spacial score (nSPS) is 21.6. The zero-order valence-electron chi connectivity index (χ0n) is 22.0. The van der Waals surface area contributed by atoms with E-state index in [2.05, 4.69) is 10.2 Å². The summed E-state index contributed by atoms with van der Waals surface area (Å²) in [6, 6.07) is 10.9. The lowest BCUT2D eigenvalue weighted by atomic mass is 9.88. The van der Waals surface area contributed by atoms with E-state index >= 15 is 0 Å². The number of amides is 2. The predicted octanol–water partition coefficient (Wildman–Crippen LogP) is 2.47. The Kier molecular flexibility index (Phi) is 7.05. The van der Waals surface area contributed by atoms with E-state index < -0.39 is 5.92 Å². The van der Waals surface area contributed by atoms with Crippen molar-refractivity contribution in [3.63, 3.8) is 0 Å². The SMILES string of the molecule is CC(=O)c1ccc2c(c1)C(C(=NC1CCN(CC(=O)N3CCOCC3)CC1)c1ccc3c(c1)OCO3)C(=O)N2. The van der Waals surface area contributed by atoms with Crippen LogP contribution in [0.4, 0.5) is 5.69 Å². The van der Waals surface area contributed by atoms with Crippen LogP contribution in [0.1, 0.15) is 47.2 Å². The van der Waals surface area contributed by atoms with Gasteiger partial charge in [-0.2, -0.15) is 0 Å². The molecular weight excluding hydrogens is 500 g/mol. The molecule has 0 saturated carbocycles. The molecule has 0 aromatic heterocycles. The number of likely N-dealkylation sites (tertiary alicyclic amines) is 1. The Morgan fingerprint density at radius 1 is 0.974 bits per heavy atom. The van der Waals surface area contributed by atoms with Gasteiger partial charge in [0.15, 0.2) is 17.3 Å². The second-order valence-electron chi connectivity index (χ2n) is 10.4.